The molecule has 1 fully saturated rings. The SMILES string of the molecule is CCCCC(C)CN1CCCC1CO. The van der Waals surface area contributed by atoms with E-state index in [4.69, 9.17) is 0 Å². The zero-order valence-electron chi connectivity index (χ0n) is 9.71. The van der Waals surface area contributed by atoms with Crippen LogP contribution in [0.4, 0.5) is 0 Å². The van der Waals surface area contributed by atoms with E-state index >= 15 is 0 Å². The minimum absolute atomic E-state index is 0.348. The summed E-state index contributed by atoms with van der Waals surface area (Å²) in [5.74, 6) is 0.794. The highest BCUT2D eigenvalue weighted by atomic mass is 16.3. The van der Waals surface area contributed by atoms with Crippen LogP contribution in [-0.4, -0.2) is 35.7 Å². The van der Waals surface area contributed by atoms with Gasteiger partial charge in [-0.25, -0.2) is 0 Å². The van der Waals surface area contributed by atoms with Crippen molar-refractivity contribution in [2.24, 2.45) is 5.92 Å². The summed E-state index contributed by atoms with van der Waals surface area (Å²) < 4.78 is 0. The lowest BCUT2D eigenvalue weighted by atomic mass is 10.0. The Morgan fingerprint density at radius 2 is 2.29 bits per heavy atom. The Morgan fingerprint density at radius 1 is 1.50 bits per heavy atom. The molecule has 14 heavy (non-hydrogen) atoms. The standard InChI is InChI=1S/C12H25NO/c1-3-4-6-11(2)9-13-8-5-7-12(13)10-14/h11-12,14H,3-10H2,1-2H3. The molecule has 1 N–H and O–H groups in total. The van der Waals surface area contributed by atoms with E-state index in [1.54, 1.807) is 0 Å². The zero-order valence-corrected chi connectivity index (χ0v) is 9.71. The van der Waals surface area contributed by atoms with Gasteiger partial charge in [-0.1, -0.05) is 26.7 Å². The lowest BCUT2D eigenvalue weighted by molar-refractivity contribution is 0.142. The Balaban J connectivity index is 2.21. The van der Waals surface area contributed by atoms with Crippen LogP contribution in [0.3, 0.4) is 0 Å². The minimum Gasteiger partial charge on any atom is -0.395 e. The summed E-state index contributed by atoms with van der Waals surface area (Å²) in [6.45, 7) is 7.31. The van der Waals surface area contributed by atoms with Gasteiger partial charge in [0.1, 0.15) is 0 Å². The molecule has 1 saturated heterocycles. The molecular formula is C12H25NO. The Kier molecular flexibility index (Phi) is 5.49. The highest BCUT2D eigenvalue weighted by Gasteiger charge is 2.24. The maximum absolute atomic E-state index is 9.18. The summed E-state index contributed by atoms with van der Waals surface area (Å²) in [5, 5.41) is 9.18. The number of hydrogen-bond acceptors (Lipinski definition) is 2. The van der Waals surface area contributed by atoms with Gasteiger partial charge in [-0.15, -0.1) is 0 Å². The number of hydrogen-bond donors (Lipinski definition) is 1. The van der Waals surface area contributed by atoms with Crippen LogP contribution in [0.5, 0.6) is 0 Å². The van der Waals surface area contributed by atoms with Crippen LogP contribution in [-0.2, 0) is 0 Å². The van der Waals surface area contributed by atoms with E-state index in [-0.39, 0.29) is 0 Å². The first-order chi connectivity index (χ1) is 6.77. The van der Waals surface area contributed by atoms with E-state index in [1.807, 2.05) is 0 Å². The number of aliphatic hydroxyl groups excluding tert-OH is 1. The maximum Gasteiger partial charge on any atom is 0.0586 e. The molecule has 0 amide bonds. The van der Waals surface area contributed by atoms with E-state index in [0.29, 0.717) is 12.6 Å². The van der Waals surface area contributed by atoms with E-state index < -0.39 is 0 Å². The first kappa shape index (κ1) is 12.0. The third kappa shape index (κ3) is 3.58. The lowest BCUT2D eigenvalue weighted by Crippen LogP contribution is -2.35. The molecule has 2 unspecified atom stereocenters. The summed E-state index contributed by atoms with van der Waals surface area (Å²) in [7, 11) is 0. The van der Waals surface area contributed by atoms with E-state index in [9.17, 15) is 5.11 Å². The van der Waals surface area contributed by atoms with Crippen molar-refractivity contribution in [2.75, 3.05) is 19.7 Å². The smallest absolute Gasteiger partial charge is 0.0586 e. The third-order valence-electron chi connectivity index (χ3n) is 3.31. The third-order valence-corrected chi connectivity index (χ3v) is 3.31. The quantitative estimate of drug-likeness (QED) is 0.709. The molecule has 0 spiro atoms. The zero-order chi connectivity index (χ0) is 10.4. The van der Waals surface area contributed by atoms with E-state index in [1.165, 1.54) is 45.2 Å². The van der Waals surface area contributed by atoms with Crippen LogP contribution in [0.25, 0.3) is 0 Å². The maximum atomic E-state index is 9.18. The fraction of sp³-hybridized carbons (Fsp3) is 1.00. The van der Waals surface area contributed by atoms with Crippen LogP contribution in [0.2, 0.25) is 0 Å². The van der Waals surface area contributed by atoms with Gasteiger partial charge in [0.05, 0.1) is 6.61 Å². The molecule has 1 rings (SSSR count). The normalized spacial score (nSPS) is 25.5. The second kappa shape index (κ2) is 6.41. The van der Waals surface area contributed by atoms with Crippen LogP contribution in [0.15, 0.2) is 0 Å². The van der Waals surface area contributed by atoms with Gasteiger partial charge >= 0.3 is 0 Å². The molecular weight excluding hydrogens is 174 g/mol. The van der Waals surface area contributed by atoms with Crippen LogP contribution in [0, 0.1) is 5.92 Å². The molecule has 1 aliphatic heterocycles. The van der Waals surface area contributed by atoms with Crippen molar-refractivity contribution in [3.63, 3.8) is 0 Å². The Labute approximate surface area is 88.3 Å². The Bertz CT molecular complexity index is 149. The van der Waals surface area contributed by atoms with E-state index in [2.05, 4.69) is 18.7 Å². The Hall–Kier alpha value is -0.0800. The fourth-order valence-corrected chi connectivity index (χ4v) is 2.39. The Morgan fingerprint density at radius 3 is 2.93 bits per heavy atom. The molecule has 0 aliphatic carbocycles. The van der Waals surface area contributed by atoms with Crippen molar-refractivity contribution >= 4 is 0 Å². The largest absolute Gasteiger partial charge is 0.395 e. The number of aliphatic hydroxyl groups is 1. The first-order valence-electron chi connectivity index (χ1n) is 6.12. The molecule has 0 aromatic heterocycles. The van der Waals surface area contributed by atoms with Gasteiger partial charge < -0.3 is 5.11 Å². The van der Waals surface area contributed by atoms with Gasteiger partial charge in [0.2, 0.25) is 0 Å². The molecule has 0 aromatic rings. The van der Waals surface area contributed by atoms with Crippen molar-refractivity contribution in [1.82, 2.24) is 4.90 Å². The number of nitrogens with zero attached hydrogens (tertiary/aromatic N) is 1. The van der Waals surface area contributed by atoms with Gasteiger partial charge in [-0.2, -0.15) is 0 Å². The van der Waals surface area contributed by atoms with Crippen molar-refractivity contribution in [3.05, 3.63) is 0 Å². The molecule has 84 valence electrons. The number of unbranched alkanes of at least 4 members (excludes halogenated alkanes) is 1. The van der Waals surface area contributed by atoms with Gasteiger partial charge in [0.25, 0.3) is 0 Å². The molecule has 0 bridgehead atoms. The van der Waals surface area contributed by atoms with Crippen LogP contribution >= 0.6 is 0 Å². The lowest BCUT2D eigenvalue weighted by Gasteiger charge is -2.25. The van der Waals surface area contributed by atoms with Gasteiger partial charge in [-0.3, -0.25) is 4.90 Å². The topological polar surface area (TPSA) is 23.5 Å². The fourth-order valence-electron chi connectivity index (χ4n) is 2.39. The first-order valence-corrected chi connectivity index (χ1v) is 6.12. The summed E-state index contributed by atoms with van der Waals surface area (Å²) >= 11 is 0. The predicted molar refractivity (Wildman–Crippen MR) is 60.4 cm³/mol. The van der Waals surface area contributed by atoms with Crippen LogP contribution < -0.4 is 0 Å². The van der Waals surface area contributed by atoms with Crippen molar-refractivity contribution in [3.8, 4) is 0 Å². The molecule has 0 aromatic carbocycles. The van der Waals surface area contributed by atoms with Gasteiger partial charge in [0, 0.05) is 12.6 Å². The number of rotatable bonds is 6. The average molecular weight is 199 g/mol. The molecule has 0 saturated carbocycles. The van der Waals surface area contributed by atoms with Gasteiger partial charge in [0.15, 0.2) is 0 Å². The molecule has 1 heterocycles. The summed E-state index contributed by atoms with van der Waals surface area (Å²) in [4.78, 5) is 2.47. The predicted octanol–water partition coefficient (Wildman–Crippen LogP) is 2.27. The molecule has 2 atom stereocenters. The molecule has 0 radical (unpaired) electrons. The summed E-state index contributed by atoms with van der Waals surface area (Å²) in [5.41, 5.74) is 0. The summed E-state index contributed by atoms with van der Waals surface area (Å²) in [6, 6.07) is 0.457. The highest BCUT2D eigenvalue weighted by molar-refractivity contribution is 4.79. The monoisotopic (exact) mass is 199 g/mol. The van der Waals surface area contributed by atoms with Crippen LogP contribution in [0.1, 0.15) is 46.0 Å². The van der Waals surface area contributed by atoms with E-state index in [0.717, 1.165) is 5.92 Å². The number of likely N-dealkylation sites (tertiary alicyclic amines) is 1. The second-order valence-corrected chi connectivity index (χ2v) is 4.72. The molecule has 1 aliphatic rings. The summed E-state index contributed by atoms with van der Waals surface area (Å²) in [6.07, 6.45) is 6.44. The van der Waals surface area contributed by atoms with Crippen molar-refractivity contribution in [1.29, 1.82) is 0 Å². The second-order valence-electron chi connectivity index (χ2n) is 4.72. The van der Waals surface area contributed by atoms with Crippen molar-refractivity contribution < 1.29 is 5.11 Å². The average Bonchev–Trinajstić information content (AvgIpc) is 2.62. The van der Waals surface area contributed by atoms with Gasteiger partial charge in [-0.05, 0) is 31.7 Å². The minimum atomic E-state index is 0.348. The molecule has 2 heteroatoms. The van der Waals surface area contributed by atoms with Crippen molar-refractivity contribution in [2.45, 2.75) is 52.0 Å². The molecule has 2 nitrogen and oxygen atoms in total. The highest BCUT2D eigenvalue weighted by Crippen LogP contribution is 2.19.